The molecule has 3 unspecified atom stereocenters. The van der Waals surface area contributed by atoms with Crippen molar-refractivity contribution in [3.05, 3.63) is 90.5 Å². The second kappa shape index (κ2) is 13.6. The van der Waals surface area contributed by atoms with Crippen molar-refractivity contribution in [3.8, 4) is 0 Å². The minimum Gasteiger partial charge on any atom is -0.394 e. The number of aliphatic hydroxyl groups is 1. The van der Waals surface area contributed by atoms with E-state index in [9.17, 15) is 14.7 Å². The topological polar surface area (TPSA) is 81.2 Å². The van der Waals surface area contributed by atoms with E-state index in [0.717, 1.165) is 35.2 Å². The fourth-order valence-corrected chi connectivity index (χ4v) is 10.7. The van der Waals surface area contributed by atoms with Crippen LogP contribution in [-0.2, 0) is 20.8 Å². The Balaban J connectivity index is 1.66. The molecule has 0 saturated carbocycles. The molecule has 2 aromatic carbocycles. The van der Waals surface area contributed by atoms with Gasteiger partial charge in [-0.2, -0.15) is 0 Å². The molecule has 3 aliphatic heterocycles. The summed E-state index contributed by atoms with van der Waals surface area (Å²) < 4.78 is -0.800. The minimum atomic E-state index is -0.850. The molecule has 0 aromatic heterocycles. The van der Waals surface area contributed by atoms with E-state index in [1.165, 1.54) is 0 Å². The molecule has 3 aliphatic rings. The van der Waals surface area contributed by atoms with Gasteiger partial charge in [-0.15, -0.1) is 24.9 Å². The second-order valence-corrected chi connectivity index (χ2v) is 14.4. The summed E-state index contributed by atoms with van der Waals surface area (Å²) in [4.78, 5) is 49.8. The SMILES string of the molecule is C=CCN(CCC)C(=O)[C@@H]1[C@@H]2CC(C)C3(S2)C(C(=O)N(CC=C)c2c(C)cccc2C)N([C@@H](CO)Cc2ccccc2)C(=O)[C@H]13. The Bertz CT molecular complexity index is 1430. The van der Waals surface area contributed by atoms with Gasteiger partial charge in [0.15, 0.2) is 0 Å². The maximum absolute atomic E-state index is 15.2. The van der Waals surface area contributed by atoms with E-state index in [4.69, 9.17) is 0 Å². The molecule has 7 nitrogen and oxygen atoms in total. The maximum atomic E-state index is 15.2. The summed E-state index contributed by atoms with van der Waals surface area (Å²) in [5.74, 6) is -1.58. The lowest BCUT2D eigenvalue weighted by atomic mass is 9.65. The molecule has 3 fully saturated rings. The lowest BCUT2D eigenvalue weighted by Gasteiger charge is -2.42. The molecule has 240 valence electrons. The van der Waals surface area contributed by atoms with E-state index < -0.39 is 28.7 Å². The number of amides is 3. The van der Waals surface area contributed by atoms with Crippen molar-refractivity contribution in [3.63, 3.8) is 0 Å². The van der Waals surface area contributed by atoms with Gasteiger partial charge in [-0.05, 0) is 55.7 Å². The van der Waals surface area contributed by atoms with Crippen LogP contribution in [0.15, 0.2) is 73.8 Å². The van der Waals surface area contributed by atoms with E-state index in [2.05, 4.69) is 20.1 Å². The Hall–Kier alpha value is -3.36. The molecule has 2 aromatic rings. The number of benzene rings is 2. The van der Waals surface area contributed by atoms with Gasteiger partial charge in [-0.25, -0.2) is 0 Å². The van der Waals surface area contributed by atoms with Crippen LogP contribution >= 0.6 is 11.8 Å². The molecule has 3 saturated heterocycles. The van der Waals surface area contributed by atoms with Gasteiger partial charge in [0.2, 0.25) is 11.8 Å². The Morgan fingerprint density at radius 2 is 1.73 bits per heavy atom. The number of hydrogen-bond donors (Lipinski definition) is 1. The highest BCUT2D eigenvalue weighted by molar-refractivity contribution is 8.02. The van der Waals surface area contributed by atoms with E-state index in [0.29, 0.717) is 19.5 Å². The molecule has 3 amide bonds. The zero-order valence-corrected chi connectivity index (χ0v) is 27.8. The molecular formula is C37H47N3O4S. The standard InChI is InChI=1S/C37H47N3O4S/c1-7-18-38(19-8-2)34(42)30-29-21-26(6)37(45-29)31(30)35(43)40(28(23-41)22-27-16-11-10-12-17-27)33(37)36(44)39(20-9-3)32-24(4)14-13-15-25(32)5/h7,9-17,26,28-31,33,41H,1,3,8,18-23H2,2,4-6H3/t26?,28-,29+,30-,31+,33?,37?/m1/s1. The number of para-hydroxylation sites is 1. The highest BCUT2D eigenvalue weighted by Gasteiger charge is 2.77. The number of hydrogen-bond acceptors (Lipinski definition) is 5. The Kier molecular flexibility index (Phi) is 9.94. The quantitative estimate of drug-likeness (QED) is 0.309. The van der Waals surface area contributed by atoms with Crippen LogP contribution in [0.4, 0.5) is 5.69 Å². The van der Waals surface area contributed by atoms with Crippen LogP contribution < -0.4 is 4.90 Å². The van der Waals surface area contributed by atoms with Crippen molar-refractivity contribution in [2.45, 2.75) is 69.0 Å². The molecule has 8 heteroatoms. The molecule has 3 heterocycles. The molecule has 2 bridgehead atoms. The van der Waals surface area contributed by atoms with Crippen LogP contribution in [0.3, 0.4) is 0 Å². The van der Waals surface area contributed by atoms with Crippen LogP contribution in [0.2, 0.25) is 0 Å². The molecule has 7 atom stereocenters. The third-order valence-corrected chi connectivity index (χ3v) is 12.1. The predicted octanol–water partition coefficient (Wildman–Crippen LogP) is 5.19. The van der Waals surface area contributed by atoms with Crippen molar-refractivity contribution in [2.24, 2.45) is 17.8 Å². The number of anilines is 1. The number of rotatable bonds is 13. The van der Waals surface area contributed by atoms with E-state index >= 15 is 4.79 Å². The highest BCUT2D eigenvalue weighted by atomic mass is 32.2. The van der Waals surface area contributed by atoms with E-state index in [-0.39, 0.29) is 42.0 Å². The first kappa shape index (κ1) is 33.0. The molecular weight excluding hydrogens is 582 g/mol. The molecule has 45 heavy (non-hydrogen) atoms. The predicted molar refractivity (Wildman–Crippen MR) is 182 cm³/mol. The Morgan fingerprint density at radius 3 is 2.33 bits per heavy atom. The molecule has 0 radical (unpaired) electrons. The van der Waals surface area contributed by atoms with Crippen molar-refractivity contribution in [1.29, 1.82) is 0 Å². The largest absolute Gasteiger partial charge is 0.394 e. The van der Waals surface area contributed by atoms with Crippen LogP contribution in [0, 0.1) is 31.6 Å². The number of carbonyl (C=O) groups excluding carboxylic acids is 3. The number of likely N-dealkylation sites (tertiary alicyclic amines) is 1. The zero-order valence-electron chi connectivity index (χ0n) is 27.0. The zero-order chi connectivity index (χ0) is 32.5. The number of aliphatic hydroxyl groups excluding tert-OH is 1. The first-order valence-corrected chi connectivity index (χ1v) is 17.1. The number of thioether (sulfide) groups is 1. The van der Waals surface area contributed by atoms with Gasteiger partial charge < -0.3 is 19.8 Å². The first-order valence-electron chi connectivity index (χ1n) is 16.2. The summed E-state index contributed by atoms with van der Waals surface area (Å²) >= 11 is 1.67. The average Bonchev–Trinajstić information content (AvgIpc) is 3.62. The lowest BCUT2D eigenvalue weighted by Crippen LogP contribution is -2.60. The van der Waals surface area contributed by atoms with Gasteiger partial charge in [0.25, 0.3) is 5.91 Å². The summed E-state index contributed by atoms with van der Waals surface area (Å²) in [7, 11) is 0. The molecule has 5 rings (SSSR count). The number of carbonyl (C=O) groups is 3. The Morgan fingerprint density at radius 1 is 1.07 bits per heavy atom. The van der Waals surface area contributed by atoms with Gasteiger partial charge in [-0.1, -0.05) is 74.5 Å². The average molecular weight is 630 g/mol. The summed E-state index contributed by atoms with van der Waals surface area (Å²) in [6.07, 6.45) is 5.42. The fourth-order valence-electron chi connectivity index (χ4n) is 8.28. The summed E-state index contributed by atoms with van der Waals surface area (Å²) in [5, 5.41) is 10.8. The first-order chi connectivity index (χ1) is 21.7. The fraction of sp³-hybridized carbons (Fsp3) is 0.486. The Labute approximate surface area is 272 Å². The summed E-state index contributed by atoms with van der Waals surface area (Å²) in [6, 6.07) is 14.3. The van der Waals surface area contributed by atoms with Crippen LogP contribution in [0.1, 0.15) is 43.4 Å². The van der Waals surface area contributed by atoms with Crippen molar-refractivity contribution >= 4 is 35.2 Å². The van der Waals surface area contributed by atoms with Crippen LogP contribution in [0.25, 0.3) is 0 Å². The molecule has 1 spiro atoms. The molecule has 1 N–H and O–H groups in total. The van der Waals surface area contributed by atoms with E-state index in [1.54, 1.807) is 33.7 Å². The monoisotopic (exact) mass is 629 g/mol. The number of nitrogens with zero attached hydrogens (tertiary/aromatic N) is 3. The van der Waals surface area contributed by atoms with Gasteiger partial charge >= 0.3 is 0 Å². The normalized spacial score (nSPS) is 27.3. The van der Waals surface area contributed by atoms with Gasteiger partial charge in [-0.3, -0.25) is 14.4 Å². The van der Waals surface area contributed by atoms with E-state index in [1.807, 2.05) is 74.2 Å². The number of fused-ring (bicyclic) bond motifs is 1. The number of aryl methyl sites for hydroxylation is 2. The van der Waals surface area contributed by atoms with Crippen LogP contribution in [0.5, 0.6) is 0 Å². The second-order valence-electron chi connectivity index (χ2n) is 12.9. The van der Waals surface area contributed by atoms with Crippen molar-refractivity contribution < 1.29 is 19.5 Å². The van der Waals surface area contributed by atoms with Gasteiger partial charge in [0.05, 0.1) is 29.2 Å². The highest BCUT2D eigenvalue weighted by Crippen LogP contribution is 2.69. The van der Waals surface area contributed by atoms with Crippen LogP contribution in [-0.4, -0.2) is 80.9 Å². The third-order valence-electron chi connectivity index (χ3n) is 10.1. The third kappa shape index (κ3) is 5.54. The van der Waals surface area contributed by atoms with Crippen molar-refractivity contribution in [1.82, 2.24) is 9.80 Å². The maximum Gasteiger partial charge on any atom is 0.251 e. The summed E-state index contributed by atoms with van der Waals surface area (Å²) in [6.45, 7) is 17.0. The van der Waals surface area contributed by atoms with Gasteiger partial charge in [0.1, 0.15) is 6.04 Å². The van der Waals surface area contributed by atoms with Crippen molar-refractivity contribution in [2.75, 3.05) is 31.1 Å². The molecule has 0 aliphatic carbocycles. The smallest absolute Gasteiger partial charge is 0.251 e. The van der Waals surface area contributed by atoms with Gasteiger partial charge in [0, 0.05) is 30.6 Å². The lowest BCUT2D eigenvalue weighted by molar-refractivity contribution is -0.145. The summed E-state index contributed by atoms with van der Waals surface area (Å²) in [5.41, 5.74) is 3.71. The minimum absolute atomic E-state index is 0.0168.